The fraction of sp³-hybridized carbons (Fsp3) is 0.222. The molecule has 0 radical (unpaired) electrons. The van der Waals surface area contributed by atoms with Gasteiger partial charge < -0.3 is 5.53 Å². The Labute approximate surface area is 66.1 Å². The van der Waals surface area contributed by atoms with Gasteiger partial charge in [0.15, 0.2) is 0 Å². The number of nitrogens with zero attached hydrogens (tertiary/aromatic N) is 2. The van der Waals surface area contributed by atoms with E-state index < -0.39 is 0 Å². The van der Waals surface area contributed by atoms with E-state index in [2.05, 4.69) is 4.79 Å². The van der Waals surface area contributed by atoms with Crippen molar-refractivity contribution in [2.24, 2.45) is 0 Å². The van der Waals surface area contributed by atoms with Crippen LogP contribution in [-0.2, 0) is 0 Å². The molecule has 1 rings (SSSR count). The molecule has 2 nitrogen and oxygen atoms in total. The van der Waals surface area contributed by atoms with Crippen LogP contribution in [-0.4, -0.2) is 11.0 Å². The highest BCUT2D eigenvalue weighted by Crippen LogP contribution is 2.10. The predicted octanol–water partition coefficient (Wildman–Crippen LogP) is 2.09. The molecule has 0 aliphatic heterocycles. The summed E-state index contributed by atoms with van der Waals surface area (Å²) in [7, 11) is 0. The van der Waals surface area contributed by atoms with Crippen LogP contribution in [0.1, 0.15) is 18.4 Å². The zero-order valence-corrected chi connectivity index (χ0v) is 6.44. The SMILES string of the molecule is CC(C=[N+]=[N-])c1ccccc1. The lowest BCUT2D eigenvalue weighted by molar-refractivity contribution is -0.000186. The Hall–Kier alpha value is -1.40. The summed E-state index contributed by atoms with van der Waals surface area (Å²) >= 11 is 0. The monoisotopic (exact) mass is 146 g/mol. The van der Waals surface area contributed by atoms with E-state index in [1.165, 1.54) is 6.21 Å². The Balaban J connectivity index is 2.84. The van der Waals surface area contributed by atoms with E-state index in [1.807, 2.05) is 37.3 Å². The average Bonchev–Trinajstić information content (AvgIpc) is 2.07. The van der Waals surface area contributed by atoms with Gasteiger partial charge in [-0.25, -0.2) is 0 Å². The van der Waals surface area contributed by atoms with Crippen molar-refractivity contribution in [2.75, 3.05) is 0 Å². The highest BCUT2D eigenvalue weighted by molar-refractivity contribution is 5.61. The zero-order valence-electron chi connectivity index (χ0n) is 6.44. The molecule has 0 spiro atoms. The van der Waals surface area contributed by atoms with Crippen molar-refractivity contribution in [1.82, 2.24) is 0 Å². The Bertz CT molecular complexity index is 260. The van der Waals surface area contributed by atoms with E-state index in [9.17, 15) is 0 Å². The minimum Gasteiger partial charge on any atom is -0.362 e. The number of hydrogen-bond acceptors (Lipinski definition) is 0. The molecule has 1 unspecified atom stereocenters. The molecule has 0 saturated carbocycles. The maximum atomic E-state index is 8.27. The van der Waals surface area contributed by atoms with Gasteiger partial charge in [-0.15, -0.1) is 0 Å². The fourth-order valence-corrected chi connectivity index (χ4v) is 0.943. The second-order valence-corrected chi connectivity index (χ2v) is 2.46. The number of benzene rings is 1. The molecule has 0 amide bonds. The molecule has 0 aromatic heterocycles. The summed E-state index contributed by atoms with van der Waals surface area (Å²) in [4.78, 5) is 2.99. The Morgan fingerprint density at radius 3 is 2.55 bits per heavy atom. The Morgan fingerprint density at radius 2 is 2.00 bits per heavy atom. The van der Waals surface area contributed by atoms with Gasteiger partial charge >= 0.3 is 0 Å². The summed E-state index contributed by atoms with van der Waals surface area (Å²) < 4.78 is 0. The van der Waals surface area contributed by atoms with Crippen LogP contribution in [0.15, 0.2) is 30.3 Å². The first kappa shape index (κ1) is 7.70. The third-order valence-electron chi connectivity index (χ3n) is 1.62. The van der Waals surface area contributed by atoms with E-state index in [0.717, 1.165) is 5.56 Å². The van der Waals surface area contributed by atoms with E-state index in [-0.39, 0.29) is 5.92 Å². The molecule has 1 atom stereocenters. The van der Waals surface area contributed by atoms with Crippen LogP contribution in [0, 0.1) is 0 Å². The van der Waals surface area contributed by atoms with Crippen molar-refractivity contribution in [3.05, 3.63) is 41.4 Å². The minimum atomic E-state index is 0.182. The van der Waals surface area contributed by atoms with Crippen molar-refractivity contribution < 1.29 is 4.79 Å². The van der Waals surface area contributed by atoms with Gasteiger partial charge in [0.1, 0.15) is 0 Å². The van der Waals surface area contributed by atoms with Gasteiger partial charge in [-0.1, -0.05) is 30.3 Å². The lowest BCUT2D eigenvalue weighted by Gasteiger charge is -1.98. The van der Waals surface area contributed by atoms with Gasteiger partial charge in [-0.05, 0) is 12.5 Å². The molecule has 56 valence electrons. The summed E-state index contributed by atoms with van der Waals surface area (Å²) in [5, 5.41) is 0. The van der Waals surface area contributed by atoms with Crippen LogP contribution < -0.4 is 0 Å². The predicted molar refractivity (Wildman–Crippen MR) is 44.5 cm³/mol. The molecule has 0 saturated heterocycles. The maximum Gasteiger partial charge on any atom is 0.264 e. The molecule has 1 aromatic carbocycles. The third kappa shape index (κ3) is 2.03. The van der Waals surface area contributed by atoms with Crippen LogP contribution in [0.4, 0.5) is 0 Å². The quantitative estimate of drug-likeness (QED) is 0.348. The van der Waals surface area contributed by atoms with Crippen molar-refractivity contribution in [1.29, 1.82) is 0 Å². The van der Waals surface area contributed by atoms with Gasteiger partial charge in [-0.2, -0.15) is 4.79 Å². The maximum absolute atomic E-state index is 8.27. The largest absolute Gasteiger partial charge is 0.362 e. The molecule has 0 aliphatic rings. The molecule has 0 aliphatic carbocycles. The lowest BCUT2D eigenvalue weighted by Crippen LogP contribution is -1.93. The third-order valence-corrected chi connectivity index (χ3v) is 1.62. The summed E-state index contributed by atoms with van der Waals surface area (Å²) in [5.41, 5.74) is 9.43. The van der Waals surface area contributed by atoms with Crippen LogP contribution in [0.2, 0.25) is 0 Å². The van der Waals surface area contributed by atoms with Crippen LogP contribution in [0.3, 0.4) is 0 Å². The van der Waals surface area contributed by atoms with Crippen LogP contribution in [0.5, 0.6) is 0 Å². The smallest absolute Gasteiger partial charge is 0.264 e. The highest BCUT2D eigenvalue weighted by Gasteiger charge is 2.03. The highest BCUT2D eigenvalue weighted by atomic mass is 14.8. The first-order valence-corrected chi connectivity index (χ1v) is 3.57. The minimum absolute atomic E-state index is 0.182. The van der Waals surface area contributed by atoms with E-state index in [0.29, 0.717) is 0 Å². The van der Waals surface area contributed by atoms with Crippen molar-refractivity contribution in [2.45, 2.75) is 12.8 Å². The summed E-state index contributed by atoms with van der Waals surface area (Å²) in [6.45, 7) is 1.98. The van der Waals surface area contributed by atoms with Crippen LogP contribution in [0.25, 0.3) is 5.53 Å². The second kappa shape index (κ2) is 3.69. The molecule has 1 aromatic rings. The number of rotatable bonds is 2. The summed E-state index contributed by atoms with van der Waals surface area (Å²) in [6, 6.07) is 9.92. The normalized spacial score (nSPS) is 11.7. The standard InChI is InChI=1S/C9H10N2/c1-8(7-11-10)9-5-3-2-4-6-9/h2-8H,1H3. The van der Waals surface area contributed by atoms with E-state index in [4.69, 9.17) is 5.53 Å². The molecule has 0 bridgehead atoms. The van der Waals surface area contributed by atoms with Crippen molar-refractivity contribution >= 4 is 6.21 Å². The van der Waals surface area contributed by atoms with Gasteiger partial charge in [-0.3, -0.25) is 0 Å². The van der Waals surface area contributed by atoms with Gasteiger partial charge in [0.25, 0.3) is 6.21 Å². The molecular weight excluding hydrogens is 136 g/mol. The Morgan fingerprint density at radius 1 is 1.36 bits per heavy atom. The van der Waals surface area contributed by atoms with E-state index >= 15 is 0 Å². The van der Waals surface area contributed by atoms with Gasteiger partial charge in [0.2, 0.25) is 0 Å². The van der Waals surface area contributed by atoms with Crippen molar-refractivity contribution in [3.8, 4) is 0 Å². The molecular formula is C9H10N2. The van der Waals surface area contributed by atoms with Gasteiger partial charge in [0, 0.05) is 0 Å². The first-order chi connectivity index (χ1) is 5.34. The summed E-state index contributed by atoms with van der Waals surface area (Å²) in [5.74, 6) is 0.182. The van der Waals surface area contributed by atoms with Crippen LogP contribution >= 0.6 is 0 Å². The molecule has 0 N–H and O–H groups in total. The number of hydrogen-bond donors (Lipinski definition) is 0. The summed E-state index contributed by atoms with van der Waals surface area (Å²) in [6.07, 6.45) is 1.51. The first-order valence-electron chi connectivity index (χ1n) is 3.57. The Kier molecular flexibility index (Phi) is 2.59. The molecule has 0 fully saturated rings. The fourth-order valence-electron chi connectivity index (χ4n) is 0.943. The lowest BCUT2D eigenvalue weighted by atomic mass is 10.0. The average molecular weight is 146 g/mol. The second-order valence-electron chi connectivity index (χ2n) is 2.46. The molecule has 2 heteroatoms. The molecule has 11 heavy (non-hydrogen) atoms. The zero-order chi connectivity index (χ0) is 8.10. The van der Waals surface area contributed by atoms with Crippen molar-refractivity contribution in [3.63, 3.8) is 0 Å². The van der Waals surface area contributed by atoms with Gasteiger partial charge in [0.05, 0.1) is 5.92 Å². The molecule has 0 heterocycles. The van der Waals surface area contributed by atoms with E-state index in [1.54, 1.807) is 0 Å². The topological polar surface area (TPSA) is 36.4 Å².